The second-order valence-electron chi connectivity index (χ2n) is 4.84. The first kappa shape index (κ1) is 14.7. The zero-order valence-corrected chi connectivity index (χ0v) is 12.5. The molecule has 2 aromatic rings. The van der Waals surface area contributed by atoms with Gasteiger partial charge < -0.3 is 10.4 Å². The molecule has 0 fully saturated rings. The highest BCUT2D eigenvalue weighted by atomic mass is 32.1. The number of aliphatic carboxylic acids is 1. The Labute approximate surface area is 122 Å². The summed E-state index contributed by atoms with van der Waals surface area (Å²) in [5, 5.41) is 13.1. The zero-order valence-electron chi connectivity index (χ0n) is 11.7. The van der Waals surface area contributed by atoms with Gasteiger partial charge in [-0.05, 0) is 32.3 Å². The Bertz CT molecular complexity index is 597. The van der Waals surface area contributed by atoms with E-state index in [-0.39, 0.29) is 12.5 Å². The first-order chi connectivity index (χ1) is 9.60. The van der Waals surface area contributed by atoms with Crippen LogP contribution in [0.1, 0.15) is 38.0 Å². The van der Waals surface area contributed by atoms with E-state index in [4.69, 9.17) is 5.11 Å². The van der Waals surface area contributed by atoms with Gasteiger partial charge in [0.2, 0.25) is 0 Å². The molecule has 108 valence electrons. The molecule has 0 aliphatic carbocycles. The van der Waals surface area contributed by atoms with Crippen molar-refractivity contribution in [3.05, 3.63) is 17.3 Å². The smallest absolute Gasteiger partial charge is 0.303 e. The molecule has 6 heteroatoms. The molecule has 0 aliphatic heterocycles. The van der Waals surface area contributed by atoms with Crippen LogP contribution in [-0.4, -0.2) is 27.1 Å². The van der Waals surface area contributed by atoms with Crippen LogP contribution in [0.5, 0.6) is 0 Å². The number of hydrogen-bond donors (Lipinski definition) is 2. The molecule has 0 spiro atoms. The van der Waals surface area contributed by atoms with Gasteiger partial charge in [-0.2, -0.15) is 0 Å². The second kappa shape index (κ2) is 6.65. The van der Waals surface area contributed by atoms with Gasteiger partial charge in [-0.3, -0.25) is 4.79 Å². The van der Waals surface area contributed by atoms with E-state index in [0.29, 0.717) is 6.42 Å². The molecular formula is C14H19N3O2S. The quantitative estimate of drug-likeness (QED) is 0.819. The van der Waals surface area contributed by atoms with Crippen LogP contribution in [0.4, 0.5) is 5.82 Å². The number of nitrogens with one attached hydrogen (secondary N) is 1. The van der Waals surface area contributed by atoms with E-state index in [9.17, 15) is 4.79 Å². The highest BCUT2D eigenvalue weighted by molar-refractivity contribution is 7.18. The molecule has 2 rings (SSSR count). The van der Waals surface area contributed by atoms with Gasteiger partial charge in [-0.15, -0.1) is 11.3 Å². The molecule has 1 atom stereocenters. The van der Waals surface area contributed by atoms with Crippen LogP contribution >= 0.6 is 11.3 Å². The maximum atomic E-state index is 10.5. The third kappa shape index (κ3) is 3.66. The van der Waals surface area contributed by atoms with Crippen LogP contribution in [0.25, 0.3) is 10.2 Å². The number of hydrogen-bond acceptors (Lipinski definition) is 5. The van der Waals surface area contributed by atoms with Crippen molar-refractivity contribution in [1.82, 2.24) is 9.97 Å². The Hall–Kier alpha value is -1.69. The van der Waals surface area contributed by atoms with E-state index in [0.717, 1.165) is 28.9 Å². The molecule has 0 saturated carbocycles. The summed E-state index contributed by atoms with van der Waals surface area (Å²) in [4.78, 5) is 21.4. The predicted octanol–water partition coefficient (Wildman–Crippen LogP) is 3.31. The van der Waals surface area contributed by atoms with Crippen molar-refractivity contribution in [3.63, 3.8) is 0 Å². The first-order valence-electron chi connectivity index (χ1n) is 6.82. The third-order valence-electron chi connectivity index (χ3n) is 3.14. The van der Waals surface area contributed by atoms with Gasteiger partial charge in [0.05, 0.1) is 5.39 Å². The van der Waals surface area contributed by atoms with Crippen LogP contribution < -0.4 is 5.32 Å². The van der Waals surface area contributed by atoms with Crippen molar-refractivity contribution in [2.24, 2.45) is 0 Å². The molecular weight excluding hydrogens is 274 g/mol. The molecule has 5 nitrogen and oxygen atoms in total. The van der Waals surface area contributed by atoms with E-state index >= 15 is 0 Å². The van der Waals surface area contributed by atoms with E-state index in [1.165, 1.54) is 4.88 Å². The van der Waals surface area contributed by atoms with Crippen LogP contribution in [0.15, 0.2) is 12.4 Å². The summed E-state index contributed by atoms with van der Waals surface area (Å²) in [6.45, 7) is 4.17. The highest BCUT2D eigenvalue weighted by Crippen LogP contribution is 2.28. The highest BCUT2D eigenvalue weighted by Gasteiger charge is 2.10. The molecule has 2 aromatic heterocycles. The number of nitrogens with zero attached hydrogens (tertiary/aromatic N) is 2. The Morgan fingerprint density at radius 3 is 3.00 bits per heavy atom. The topological polar surface area (TPSA) is 75.1 Å². The predicted molar refractivity (Wildman–Crippen MR) is 81.4 cm³/mol. The molecule has 0 aromatic carbocycles. The molecule has 0 bridgehead atoms. The summed E-state index contributed by atoms with van der Waals surface area (Å²) < 4.78 is 0. The van der Waals surface area contributed by atoms with Gasteiger partial charge >= 0.3 is 5.97 Å². The number of carboxylic acids is 1. The summed E-state index contributed by atoms with van der Waals surface area (Å²) in [6.07, 6.45) is 4.26. The lowest BCUT2D eigenvalue weighted by atomic mass is 10.1. The summed E-state index contributed by atoms with van der Waals surface area (Å²) in [5.41, 5.74) is 0. The van der Waals surface area contributed by atoms with Gasteiger partial charge in [0.1, 0.15) is 17.0 Å². The normalized spacial score (nSPS) is 12.5. The van der Waals surface area contributed by atoms with Crippen molar-refractivity contribution >= 4 is 33.3 Å². The number of carboxylic acid groups (broad SMARTS) is 1. The number of carbonyl (C=O) groups is 1. The van der Waals surface area contributed by atoms with Gasteiger partial charge in [-0.25, -0.2) is 9.97 Å². The van der Waals surface area contributed by atoms with Crippen molar-refractivity contribution in [2.75, 3.05) is 5.32 Å². The van der Waals surface area contributed by atoms with Crippen LogP contribution in [0, 0.1) is 0 Å². The minimum Gasteiger partial charge on any atom is -0.481 e. The number of anilines is 1. The van der Waals surface area contributed by atoms with E-state index in [1.54, 1.807) is 17.7 Å². The fourth-order valence-electron chi connectivity index (χ4n) is 2.06. The number of rotatable bonds is 7. The summed E-state index contributed by atoms with van der Waals surface area (Å²) >= 11 is 1.69. The van der Waals surface area contributed by atoms with Crippen LogP contribution in [0.3, 0.4) is 0 Å². The van der Waals surface area contributed by atoms with Crippen molar-refractivity contribution in [2.45, 2.75) is 45.6 Å². The molecule has 0 aliphatic rings. The fraction of sp³-hybridized carbons (Fsp3) is 0.500. The standard InChI is InChI=1S/C14H19N3O2S/c1-3-10-7-11-13(15-8-16-14(11)20-10)17-9(2)5-4-6-12(18)19/h7-9H,3-6H2,1-2H3,(H,18,19)(H,15,16,17). The number of fused-ring (bicyclic) bond motifs is 1. The van der Waals surface area contributed by atoms with Gasteiger partial charge in [0.25, 0.3) is 0 Å². The monoisotopic (exact) mass is 293 g/mol. The van der Waals surface area contributed by atoms with Gasteiger partial charge in [-0.1, -0.05) is 6.92 Å². The molecule has 0 saturated heterocycles. The first-order valence-corrected chi connectivity index (χ1v) is 7.63. The Morgan fingerprint density at radius 1 is 1.50 bits per heavy atom. The Kier molecular flexibility index (Phi) is 4.89. The average molecular weight is 293 g/mol. The van der Waals surface area contributed by atoms with Crippen LogP contribution in [-0.2, 0) is 11.2 Å². The lowest BCUT2D eigenvalue weighted by Crippen LogP contribution is -2.16. The van der Waals surface area contributed by atoms with Crippen molar-refractivity contribution in [3.8, 4) is 0 Å². The maximum absolute atomic E-state index is 10.5. The lowest BCUT2D eigenvalue weighted by molar-refractivity contribution is -0.137. The molecule has 0 radical (unpaired) electrons. The summed E-state index contributed by atoms with van der Waals surface area (Å²) in [6, 6.07) is 2.32. The lowest BCUT2D eigenvalue weighted by Gasteiger charge is -2.14. The average Bonchev–Trinajstić information content (AvgIpc) is 2.82. The van der Waals surface area contributed by atoms with E-state index in [1.807, 2.05) is 6.92 Å². The number of thiophene rings is 1. The van der Waals surface area contributed by atoms with Gasteiger partial charge in [0, 0.05) is 17.3 Å². The third-order valence-corrected chi connectivity index (χ3v) is 4.33. The zero-order chi connectivity index (χ0) is 14.5. The second-order valence-corrected chi connectivity index (χ2v) is 5.95. The molecule has 1 unspecified atom stereocenters. The Morgan fingerprint density at radius 2 is 2.30 bits per heavy atom. The molecule has 2 N–H and O–H groups in total. The Balaban J connectivity index is 2.05. The minimum absolute atomic E-state index is 0.192. The van der Waals surface area contributed by atoms with Crippen molar-refractivity contribution in [1.29, 1.82) is 0 Å². The number of aromatic nitrogens is 2. The van der Waals surface area contributed by atoms with Crippen LogP contribution in [0.2, 0.25) is 0 Å². The van der Waals surface area contributed by atoms with E-state index in [2.05, 4.69) is 28.3 Å². The SMILES string of the molecule is CCc1cc2c(NC(C)CCCC(=O)O)ncnc2s1. The van der Waals surface area contributed by atoms with Gasteiger partial charge in [0.15, 0.2) is 0 Å². The summed E-state index contributed by atoms with van der Waals surface area (Å²) in [5.74, 6) is 0.0980. The number of aryl methyl sites for hydroxylation is 1. The molecule has 0 amide bonds. The maximum Gasteiger partial charge on any atom is 0.303 e. The van der Waals surface area contributed by atoms with Crippen molar-refractivity contribution < 1.29 is 9.90 Å². The molecule has 2 heterocycles. The molecule has 20 heavy (non-hydrogen) atoms. The van der Waals surface area contributed by atoms with E-state index < -0.39 is 5.97 Å². The fourth-order valence-corrected chi connectivity index (χ4v) is 2.99. The minimum atomic E-state index is -0.743. The summed E-state index contributed by atoms with van der Waals surface area (Å²) in [7, 11) is 0. The largest absolute Gasteiger partial charge is 0.481 e.